The van der Waals surface area contributed by atoms with Crippen LogP contribution in [0.1, 0.15) is 17.3 Å². The van der Waals surface area contributed by atoms with E-state index in [-0.39, 0.29) is 11.4 Å². The minimum Gasteiger partial charge on any atom is -0.428 e. The van der Waals surface area contributed by atoms with Crippen LogP contribution in [0.3, 0.4) is 0 Å². The molecule has 1 rings (SSSR count). The van der Waals surface area contributed by atoms with Crippen LogP contribution in [0.5, 0.6) is 0 Å². The molecule has 0 unspecified atom stereocenters. The van der Waals surface area contributed by atoms with Gasteiger partial charge in [0, 0.05) is 6.20 Å². The molecular formula is C9H10N2O2. The van der Waals surface area contributed by atoms with Gasteiger partial charge in [-0.2, -0.15) is 0 Å². The summed E-state index contributed by atoms with van der Waals surface area (Å²) in [5.74, 6) is -0.0416. The minimum absolute atomic E-state index is 0.161. The van der Waals surface area contributed by atoms with Crippen LogP contribution < -0.4 is 5.73 Å². The van der Waals surface area contributed by atoms with Crippen LogP contribution in [0, 0.1) is 0 Å². The number of hydrogen-bond donors (Lipinski definition) is 1. The first-order chi connectivity index (χ1) is 6.11. The van der Waals surface area contributed by atoms with Gasteiger partial charge in [0.2, 0.25) is 0 Å². The predicted octanol–water partition coefficient (Wildman–Crippen LogP) is 1.35. The number of ether oxygens (including phenoxy) is 1. The first-order valence-electron chi connectivity index (χ1n) is 3.69. The number of nitrogens with zero attached hydrogens (tertiary/aromatic N) is 1. The molecule has 0 aliphatic heterocycles. The number of aromatic nitrogens is 1. The monoisotopic (exact) mass is 178 g/mol. The summed E-state index contributed by atoms with van der Waals surface area (Å²) >= 11 is 0. The number of allylic oxidation sites excluding steroid dienone is 1. The molecule has 0 saturated heterocycles. The van der Waals surface area contributed by atoms with E-state index in [0.29, 0.717) is 5.76 Å². The zero-order valence-corrected chi connectivity index (χ0v) is 7.28. The standard InChI is InChI=1S/C9H10N2O2/c1-6(2)13-9(12)7-4-3-5-11-8(7)10/h3-5H,1H2,2H3,(H2,10,11). The van der Waals surface area contributed by atoms with Gasteiger partial charge in [-0.3, -0.25) is 0 Å². The summed E-state index contributed by atoms with van der Waals surface area (Å²) in [5.41, 5.74) is 5.71. The fourth-order valence-corrected chi connectivity index (χ4v) is 0.803. The summed E-state index contributed by atoms with van der Waals surface area (Å²) in [6, 6.07) is 3.17. The highest BCUT2D eigenvalue weighted by molar-refractivity contribution is 5.94. The molecule has 68 valence electrons. The van der Waals surface area contributed by atoms with E-state index in [1.807, 2.05) is 0 Å². The van der Waals surface area contributed by atoms with E-state index in [1.54, 1.807) is 19.1 Å². The van der Waals surface area contributed by atoms with Gasteiger partial charge in [0.25, 0.3) is 0 Å². The quantitative estimate of drug-likeness (QED) is 0.548. The van der Waals surface area contributed by atoms with E-state index in [1.165, 1.54) is 6.20 Å². The van der Waals surface area contributed by atoms with E-state index in [9.17, 15) is 4.79 Å². The van der Waals surface area contributed by atoms with Crippen molar-refractivity contribution in [2.24, 2.45) is 0 Å². The molecule has 1 aromatic heterocycles. The lowest BCUT2D eigenvalue weighted by atomic mass is 10.2. The Morgan fingerprint density at radius 3 is 2.92 bits per heavy atom. The van der Waals surface area contributed by atoms with Crippen molar-refractivity contribution in [2.45, 2.75) is 6.92 Å². The van der Waals surface area contributed by atoms with E-state index in [2.05, 4.69) is 11.6 Å². The highest BCUT2D eigenvalue weighted by atomic mass is 16.5. The van der Waals surface area contributed by atoms with Crippen molar-refractivity contribution in [3.63, 3.8) is 0 Å². The summed E-state index contributed by atoms with van der Waals surface area (Å²) in [6.45, 7) is 5.03. The molecule has 0 bridgehead atoms. The molecule has 1 aromatic rings. The van der Waals surface area contributed by atoms with Gasteiger partial charge in [-0.25, -0.2) is 9.78 Å². The van der Waals surface area contributed by atoms with Crippen molar-refractivity contribution < 1.29 is 9.53 Å². The van der Waals surface area contributed by atoms with Crippen LogP contribution in [0.2, 0.25) is 0 Å². The molecule has 2 N–H and O–H groups in total. The summed E-state index contributed by atoms with van der Waals surface area (Å²) in [5, 5.41) is 0. The average molecular weight is 178 g/mol. The molecule has 0 amide bonds. The maximum absolute atomic E-state index is 11.3. The predicted molar refractivity (Wildman–Crippen MR) is 48.9 cm³/mol. The molecule has 1 heterocycles. The maximum Gasteiger partial charge on any atom is 0.346 e. The highest BCUT2D eigenvalue weighted by Crippen LogP contribution is 2.10. The molecule has 0 radical (unpaired) electrons. The summed E-state index contributed by atoms with van der Waals surface area (Å²) < 4.78 is 4.76. The zero-order chi connectivity index (χ0) is 9.84. The molecule has 0 aliphatic carbocycles. The molecule has 4 heteroatoms. The third kappa shape index (κ3) is 2.30. The number of rotatable bonds is 2. The number of nitrogen functional groups attached to an aromatic ring is 1. The van der Waals surface area contributed by atoms with Crippen molar-refractivity contribution in [1.82, 2.24) is 4.98 Å². The third-order valence-electron chi connectivity index (χ3n) is 1.33. The van der Waals surface area contributed by atoms with Crippen LogP contribution in [0.25, 0.3) is 0 Å². The molecular weight excluding hydrogens is 168 g/mol. The van der Waals surface area contributed by atoms with Crippen molar-refractivity contribution in [3.8, 4) is 0 Å². The number of hydrogen-bond acceptors (Lipinski definition) is 4. The summed E-state index contributed by atoms with van der Waals surface area (Å²) in [6.07, 6.45) is 1.51. The van der Waals surface area contributed by atoms with Gasteiger partial charge in [0.15, 0.2) is 0 Å². The van der Waals surface area contributed by atoms with E-state index in [0.717, 1.165) is 0 Å². The first kappa shape index (κ1) is 9.25. The zero-order valence-electron chi connectivity index (χ0n) is 7.28. The van der Waals surface area contributed by atoms with Gasteiger partial charge in [-0.05, 0) is 19.1 Å². The Labute approximate surface area is 76.0 Å². The molecule has 0 aliphatic rings. The normalized spacial score (nSPS) is 9.31. The van der Waals surface area contributed by atoms with Gasteiger partial charge in [0.05, 0.1) is 5.76 Å². The Bertz CT molecular complexity index is 347. The number of pyridine rings is 1. The van der Waals surface area contributed by atoms with Crippen molar-refractivity contribution in [1.29, 1.82) is 0 Å². The number of carbonyl (C=O) groups excluding carboxylic acids is 1. The lowest BCUT2D eigenvalue weighted by Gasteiger charge is -2.03. The molecule has 0 atom stereocenters. The van der Waals surface area contributed by atoms with E-state index >= 15 is 0 Å². The van der Waals surface area contributed by atoms with Crippen LogP contribution >= 0.6 is 0 Å². The lowest BCUT2D eigenvalue weighted by molar-refractivity contribution is 0.0628. The number of anilines is 1. The average Bonchev–Trinajstić information content (AvgIpc) is 2.03. The fourth-order valence-electron chi connectivity index (χ4n) is 0.803. The molecule has 0 aromatic carbocycles. The van der Waals surface area contributed by atoms with Crippen molar-refractivity contribution in [3.05, 3.63) is 36.2 Å². The number of esters is 1. The first-order valence-corrected chi connectivity index (χ1v) is 3.69. The Kier molecular flexibility index (Phi) is 2.64. The Morgan fingerprint density at radius 1 is 1.69 bits per heavy atom. The second kappa shape index (κ2) is 3.71. The van der Waals surface area contributed by atoms with E-state index < -0.39 is 5.97 Å². The molecule has 13 heavy (non-hydrogen) atoms. The summed E-state index contributed by atoms with van der Waals surface area (Å²) in [4.78, 5) is 15.0. The molecule has 0 saturated carbocycles. The number of carbonyl (C=O) groups is 1. The minimum atomic E-state index is -0.530. The highest BCUT2D eigenvalue weighted by Gasteiger charge is 2.11. The second-order valence-corrected chi connectivity index (χ2v) is 2.53. The lowest BCUT2D eigenvalue weighted by Crippen LogP contribution is -2.07. The molecule has 0 spiro atoms. The fraction of sp³-hybridized carbons (Fsp3) is 0.111. The second-order valence-electron chi connectivity index (χ2n) is 2.53. The number of nitrogens with two attached hydrogens (primary N) is 1. The Hall–Kier alpha value is -1.84. The van der Waals surface area contributed by atoms with Gasteiger partial charge in [0.1, 0.15) is 11.4 Å². The van der Waals surface area contributed by atoms with Crippen LogP contribution in [-0.4, -0.2) is 11.0 Å². The smallest absolute Gasteiger partial charge is 0.346 e. The SMILES string of the molecule is C=C(C)OC(=O)c1cccnc1N. The van der Waals surface area contributed by atoms with Gasteiger partial charge in [-0.1, -0.05) is 6.58 Å². The van der Waals surface area contributed by atoms with Gasteiger partial charge >= 0.3 is 5.97 Å². The topological polar surface area (TPSA) is 65.2 Å². The maximum atomic E-state index is 11.3. The van der Waals surface area contributed by atoms with Crippen LogP contribution in [0.15, 0.2) is 30.7 Å². The Morgan fingerprint density at radius 2 is 2.38 bits per heavy atom. The largest absolute Gasteiger partial charge is 0.428 e. The van der Waals surface area contributed by atoms with Crippen LogP contribution in [-0.2, 0) is 4.74 Å². The van der Waals surface area contributed by atoms with Crippen molar-refractivity contribution >= 4 is 11.8 Å². The third-order valence-corrected chi connectivity index (χ3v) is 1.33. The van der Waals surface area contributed by atoms with Crippen molar-refractivity contribution in [2.75, 3.05) is 5.73 Å². The molecule has 4 nitrogen and oxygen atoms in total. The molecule has 0 fully saturated rings. The summed E-state index contributed by atoms with van der Waals surface area (Å²) in [7, 11) is 0. The Balaban J connectivity index is 2.89. The van der Waals surface area contributed by atoms with Crippen LogP contribution in [0.4, 0.5) is 5.82 Å². The van der Waals surface area contributed by atoms with E-state index in [4.69, 9.17) is 10.5 Å². The van der Waals surface area contributed by atoms with Gasteiger partial charge < -0.3 is 10.5 Å². The van der Waals surface area contributed by atoms with Gasteiger partial charge in [-0.15, -0.1) is 0 Å².